The molecular formula is C46H41N5O10. The lowest BCUT2D eigenvalue weighted by atomic mass is 9.98. The molecule has 61 heavy (non-hydrogen) atoms. The first-order valence-corrected chi connectivity index (χ1v) is 18.7. The normalized spacial score (nSPS) is 10.7. The number of nitrogens with zero attached hydrogens (tertiary/aromatic N) is 5. The van der Waals surface area contributed by atoms with E-state index in [1.54, 1.807) is 61.9 Å². The van der Waals surface area contributed by atoms with Gasteiger partial charge in [0, 0.05) is 42.6 Å². The van der Waals surface area contributed by atoms with E-state index in [4.69, 9.17) is 37.3 Å². The van der Waals surface area contributed by atoms with Gasteiger partial charge >= 0.3 is 0 Å². The van der Waals surface area contributed by atoms with E-state index in [0.29, 0.717) is 91.1 Å². The van der Waals surface area contributed by atoms with Gasteiger partial charge in [0.25, 0.3) is 5.91 Å². The first kappa shape index (κ1) is 41.2. The summed E-state index contributed by atoms with van der Waals surface area (Å²) in [5.74, 6) is 2.97. The van der Waals surface area contributed by atoms with Crippen LogP contribution in [0.15, 0.2) is 118 Å². The van der Waals surface area contributed by atoms with Crippen molar-refractivity contribution in [3.05, 3.63) is 126 Å². The van der Waals surface area contributed by atoms with Crippen molar-refractivity contribution in [2.75, 3.05) is 54.6 Å². The van der Waals surface area contributed by atoms with E-state index in [2.05, 4.69) is 19.9 Å². The highest BCUT2D eigenvalue weighted by molar-refractivity contribution is 6.08. The van der Waals surface area contributed by atoms with E-state index in [-0.39, 0.29) is 18.1 Å². The molecule has 15 nitrogen and oxygen atoms in total. The van der Waals surface area contributed by atoms with Crippen molar-refractivity contribution in [3.8, 4) is 57.4 Å². The molecule has 4 aromatic heterocycles. The summed E-state index contributed by atoms with van der Waals surface area (Å²) in [7, 11) is 10.8. The molecule has 0 atom stereocenters. The number of fused-ring (bicyclic) bond motifs is 2. The Bertz CT molecular complexity index is 2740. The molecule has 8 aromatic rings. The zero-order chi connectivity index (χ0) is 43.0. The second-order valence-electron chi connectivity index (χ2n) is 13.2. The minimum Gasteiger partial charge on any atom is -0.493 e. The molecule has 0 saturated heterocycles. The van der Waals surface area contributed by atoms with Crippen molar-refractivity contribution in [1.29, 1.82) is 0 Å². The van der Waals surface area contributed by atoms with Crippen molar-refractivity contribution in [3.63, 3.8) is 0 Å². The molecule has 0 bridgehead atoms. The summed E-state index contributed by atoms with van der Waals surface area (Å²) in [6.07, 6.45) is 3.47. The number of pyridine rings is 2. The Morgan fingerprint density at radius 1 is 0.557 bits per heavy atom. The number of methoxy groups -OCH3 is 6. The highest BCUT2D eigenvalue weighted by atomic mass is 16.5. The second-order valence-corrected chi connectivity index (χ2v) is 13.2. The minimum absolute atomic E-state index is 0.101. The zero-order valence-electron chi connectivity index (χ0n) is 34.4. The monoisotopic (exact) mass is 823 g/mol. The number of hydrogen-bond donors (Lipinski definition) is 0. The van der Waals surface area contributed by atoms with Crippen LogP contribution in [-0.2, 0) is 6.42 Å². The molecule has 0 N–H and O–H groups in total. The van der Waals surface area contributed by atoms with E-state index in [1.165, 1.54) is 47.6 Å². The molecule has 4 aromatic carbocycles. The van der Waals surface area contributed by atoms with Gasteiger partial charge in [0.05, 0.1) is 53.9 Å². The van der Waals surface area contributed by atoms with Gasteiger partial charge in [-0.1, -0.05) is 30.3 Å². The molecule has 8 rings (SSSR count). The predicted octanol–water partition coefficient (Wildman–Crippen LogP) is 8.53. The fraction of sp³-hybridized carbons (Fsp3) is 0.174. The molecule has 0 saturated carbocycles. The number of aromatic nitrogens is 4. The van der Waals surface area contributed by atoms with E-state index in [1.807, 2.05) is 54.6 Å². The smallest absolute Gasteiger partial charge is 0.258 e. The molecule has 310 valence electrons. The molecular weight excluding hydrogens is 783 g/mol. The molecule has 0 aliphatic rings. The Kier molecular flexibility index (Phi) is 12.4. The van der Waals surface area contributed by atoms with Crippen molar-refractivity contribution in [2.45, 2.75) is 6.42 Å². The number of Topliss-reactive ketones (excluding diaryl/α,β-unsaturated/α-hetero) is 1. The van der Waals surface area contributed by atoms with Crippen molar-refractivity contribution in [1.82, 2.24) is 19.9 Å². The summed E-state index contributed by atoms with van der Waals surface area (Å²) in [5.41, 5.74) is 5.88. The second kappa shape index (κ2) is 18.3. The first-order chi connectivity index (χ1) is 29.7. The first-order valence-electron chi connectivity index (χ1n) is 18.7. The van der Waals surface area contributed by atoms with Crippen LogP contribution < -0.4 is 33.3 Å². The van der Waals surface area contributed by atoms with E-state index >= 15 is 0 Å². The van der Waals surface area contributed by atoms with Crippen LogP contribution in [0, 0.1) is 0 Å². The number of rotatable bonds is 13. The molecule has 0 radical (unpaired) electrons. The van der Waals surface area contributed by atoms with Crippen LogP contribution in [0.4, 0.5) is 5.69 Å². The standard InChI is InChI=1S/C23H21N3O5.C23H20N2O5/c1-26(23(27)14-12-18(28-2)20(30-4)19(13-14)29-3)16-9-6-5-8-15(16)22-25-21-17(31-22)10-7-11-24-21;1-27-19-12-15(13-20(28-2)21(19)29-3)17(26)11-14-7-4-5-8-16(14)23-25-22-18(30-23)9-6-10-24-22/h5-13H,1-4H3;4-10,12-13H,11H2,1-3H3. The van der Waals surface area contributed by atoms with Crippen molar-refractivity contribution < 1.29 is 46.8 Å². The average Bonchev–Trinajstić information content (AvgIpc) is 3.95. The third kappa shape index (κ3) is 8.48. The molecule has 1 amide bonds. The molecule has 0 spiro atoms. The maximum Gasteiger partial charge on any atom is 0.258 e. The van der Waals surface area contributed by atoms with Crippen LogP contribution in [0.25, 0.3) is 45.4 Å². The van der Waals surface area contributed by atoms with Gasteiger partial charge in [-0.2, -0.15) is 9.97 Å². The maximum atomic E-state index is 13.3. The third-order valence-corrected chi connectivity index (χ3v) is 9.63. The molecule has 4 heterocycles. The van der Waals surface area contributed by atoms with E-state index < -0.39 is 0 Å². The summed E-state index contributed by atoms with van der Waals surface area (Å²) in [6, 6.07) is 28.6. The van der Waals surface area contributed by atoms with E-state index in [0.717, 1.165) is 11.1 Å². The van der Waals surface area contributed by atoms with Gasteiger partial charge in [-0.25, -0.2) is 9.97 Å². The van der Waals surface area contributed by atoms with Gasteiger partial charge in [0.2, 0.25) is 23.3 Å². The van der Waals surface area contributed by atoms with Crippen LogP contribution in [-0.4, -0.2) is 81.3 Å². The van der Waals surface area contributed by atoms with Gasteiger partial charge in [0.1, 0.15) is 0 Å². The highest BCUT2D eigenvalue weighted by Gasteiger charge is 2.24. The number of oxazole rings is 2. The number of hydrogen-bond acceptors (Lipinski definition) is 14. The van der Waals surface area contributed by atoms with Crippen LogP contribution >= 0.6 is 0 Å². The summed E-state index contributed by atoms with van der Waals surface area (Å²) < 4.78 is 43.8. The maximum absolute atomic E-state index is 13.3. The van der Waals surface area contributed by atoms with Crippen molar-refractivity contribution in [2.24, 2.45) is 0 Å². The van der Waals surface area contributed by atoms with Gasteiger partial charge in [0.15, 0.2) is 51.2 Å². The van der Waals surface area contributed by atoms with Crippen LogP contribution in [0.5, 0.6) is 34.5 Å². The van der Waals surface area contributed by atoms with Gasteiger partial charge in [-0.3, -0.25) is 9.59 Å². The molecule has 0 unspecified atom stereocenters. The Balaban J connectivity index is 0.000000184. The number of carbonyl (C=O) groups excluding carboxylic acids is 2. The summed E-state index contributed by atoms with van der Waals surface area (Å²) >= 11 is 0. The number of anilines is 1. The van der Waals surface area contributed by atoms with Crippen LogP contribution in [0.1, 0.15) is 26.3 Å². The van der Waals surface area contributed by atoms with Crippen LogP contribution in [0.2, 0.25) is 0 Å². The number of ether oxygens (including phenoxy) is 6. The lowest BCUT2D eigenvalue weighted by Crippen LogP contribution is -2.26. The predicted molar refractivity (Wildman–Crippen MR) is 227 cm³/mol. The fourth-order valence-electron chi connectivity index (χ4n) is 6.62. The third-order valence-electron chi connectivity index (χ3n) is 9.63. The Hall–Kier alpha value is -7.94. The summed E-state index contributed by atoms with van der Waals surface area (Å²) in [5, 5.41) is 0. The van der Waals surface area contributed by atoms with Gasteiger partial charge in [-0.15, -0.1) is 0 Å². The SMILES string of the molecule is COc1cc(C(=O)Cc2ccccc2-c2nc3ncccc3o2)cc(OC)c1OC.COc1cc(C(=O)N(C)c2ccccc2-c2nc3ncccc3o2)cc(OC)c1OC. The average molecular weight is 824 g/mol. The molecule has 0 aliphatic carbocycles. The fourth-order valence-corrected chi connectivity index (χ4v) is 6.62. The summed E-state index contributed by atoms with van der Waals surface area (Å²) in [6.45, 7) is 0. The van der Waals surface area contributed by atoms with Crippen LogP contribution in [0.3, 0.4) is 0 Å². The molecule has 0 fully saturated rings. The number of para-hydroxylation sites is 1. The minimum atomic E-state index is -0.263. The molecule has 0 aliphatic heterocycles. The topological polar surface area (TPSA) is 171 Å². The van der Waals surface area contributed by atoms with Gasteiger partial charge < -0.3 is 42.2 Å². The van der Waals surface area contributed by atoms with Crippen molar-refractivity contribution >= 4 is 39.8 Å². The number of carbonyl (C=O) groups is 2. The number of amides is 1. The zero-order valence-corrected chi connectivity index (χ0v) is 34.4. The highest BCUT2D eigenvalue weighted by Crippen LogP contribution is 2.40. The quantitative estimate of drug-likeness (QED) is 0.101. The van der Waals surface area contributed by atoms with Gasteiger partial charge in [-0.05, 0) is 72.3 Å². The Morgan fingerprint density at radius 3 is 1.51 bits per heavy atom. The Labute approximate surface area is 350 Å². The summed E-state index contributed by atoms with van der Waals surface area (Å²) in [4.78, 5) is 45.3. The lowest BCUT2D eigenvalue weighted by Gasteiger charge is -2.21. The Morgan fingerprint density at radius 2 is 1.02 bits per heavy atom. The molecule has 15 heteroatoms. The van der Waals surface area contributed by atoms with E-state index in [9.17, 15) is 9.59 Å². The number of ketones is 1. The largest absolute Gasteiger partial charge is 0.493 e. The number of benzene rings is 4. The lowest BCUT2D eigenvalue weighted by molar-refractivity contribution is 0.0984.